The maximum atomic E-state index is 9.93. The molecule has 2 N–H and O–H groups in total. The zero-order chi connectivity index (χ0) is 15.2. The quantitative estimate of drug-likeness (QED) is 0.807. The molecule has 0 spiro atoms. The summed E-state index contributed by atoms with van der Waals surface area (Å²) < 4.78 is 16.1. The summed E-state index contributed by atoms with van der Waals surface area (Å²) in [6.07, 6.45) is -0.608. The third-order valence-electron chi connectivity index (χ3n) is 2.67. The van der Waals surface area contributed by atoms with Crippen molar-refractivity contribution >= 4 is 12.4 Å². The standard InChI is InChI=1S/C15H25NO4.ClH/c1-15(2,3)16-9-11(17)10-20-14-12(18-4)7-6-8-13(14)19-5;/h6-8,11,16-17H,9-10H2,1-5H3;1H. The van der Waals surface area contributed by atoms with Gasteiger partial charge in [0.15, 0.2) is 11.5 Å². The number of hydrogen-bond acceptors (Lipinski definition) is 5. The second-order valence-electron chi connectivity index (χ2n) is 5.59. The number of β-amino-alcohol motifs (C(OH)–C–C–N with tert-alkyl or cyclic N) is 1. The van der Waals surface area contributed by atoms with E-state index in [1.807, 2.05) is 26.8 Å². The number of rotatable bonds is 7. The maximum absolute atomic E-state index is 9.93. The van der Waals surface area contributed by atoms with Crippen molar-refractivity contribution in [2.75, 3.05) is 27.4 Å². The summed E-state index contributed by atoms with van der Waals surface area (Å²) in [7, 11) is 3.14. The van der Waals surface area contributed by atoms with Gasteiger partial charge in [-0.15, -0.1) is 12.4 Å². The Morgan fingerprint density at radius 3 is 2.10 bits per heavy atom. The SMILES string of the molecule is COc1cccc(OC)c1OCC(O)CNC(C)(C)C.Cl. The highest BCUT2D eigenvalue weighted by molar-refractivity contribution is 5.85. The van der Waals surface area contributed by atoms with Crippen LogP contribution in [0.15, 0.2) is 18.2 Å². The van der Waals surface area contributed by atoms with Crippen LogP contribution in [0, 0.1) is 0 Å². The molecular formula is C15H26ClNO4. The monoisotopic (exact) mass is 319 g/mol. The number of halogens is 1. The normalized spacial score (nSPS) is 12.3. The van der Waals surface area contributed by atoms with Gasteiger partial charge in [-0.2, -0.15) is 0 Å². The first-order chi connectivity index (χ1) is 9.37. The largest absolute Gasteiger partial charge is 0.493 e. The number of ether oxygens (including phenoxy) is 3. The Kier molecular flexibility index (Phi) is 8.47. The molecule has 1 aromatic carbocycles. The molecule has 5 nitrogen and oxygen atoms in total. The predicted octanol–water partition coefficient (Wildman–Crippen LogP) is 2.25. The van der Waals surface area contributed by atoms with Crippen molar-refractivity contribution in [3.05, 3.63) is 18.2 Å². The second-order valence-corrected chi connectivity index (χ2v) is 5.59. The lowest BCUT2D eigenvalue weighted by Gasteiger charge is -2.23. The van der Waals surface area contributed by atoms with E-state index < -0.39 is 6.10 Å². The summed E-state index contributed by atoms with van der Waals surface area (Å²) in [6, 6.07) is 5.40. The lowest BCUT2D eigenvalue weighted by atomic mass is 10.1. The van der Waals surface area contributed by atoms with E-state index >= 15 is 0 Å². The van der Waals surface area contributed by atoms with Crippen molar-refractivity contribution in [2.45, 2.75) is 32.4 Å². The molecule has 0 aliphatic heterocycles. The molecule has 0 aliphatic rings. The molecule has 0 heterocycles. The summed E-state index contributed by atoms with van der Waals surface area (Å²) in [5.74, 6) is 1.67. The Balaban J connectivity index is 0.00000400. The van der Waals surface area contributed by atoms with Gasteiger partial charge in [0, 0.05) is 12.1 Å². The topological polar surface area (TPSA) is 60.0 Å². The predicted molar refractivity (Wildman–Crippen MR) is 86.1 cm³/mol. The van der Waals surface area contributed by atoms with Crippen LogP contribution in [0.3, 0.4) is 0 Å². The fourth-order valence-electron chi connectivity index (χ4n) is 1.62. The molecule has 0 aliphatic carbocycles. The van der Waals surface area contributed by atoms with Crippen molar-refractivity contribution in [1.82, 2.24) is 5.32 Å². The molecule has 1 aromatic rings. The zero-order valence-corrected chi connectivity index (χ0v) is 14.1. The van der Waals surface area contributed by atoms with Crippen LogP contribution in [0.5, 0.6) is 17.2 Å². The van der Waals surface area contributed by atoms with Gasteiger partial charge in [0.1, 0.15) is 12.7 Å². The number of para-hydroxylation sites is 1. The highest BCUT2D eigenvalue weighted by Gasteiger charge is 2.15. The van der Waals surface area contributed by atoms with Gasteiger partial charge in [-0.25, -0.2) is 0 Å². The Bertz CT molecular complexity index is 398. The number of benzene rings is 1. The molecule has 0 aromatic heterocycles. The summed E-state index contributed by atoms with van der Waals surface area (Å²) in [5, 5.41) is 13.2. The molecule has 1 unspecified atom stereocenters. The average Bonchev–Trinajstić information content (AvgIpc) is 2.41. The second kappa shape index (κ2) is 8.97. The summed E-state index contributed by atoms with van der Waals surface area (Å²) in [6.45, 7) is 6.76. The number of aliphatic hydroxyl groups is 1. The van der Waals surface area contributed by atoms with Gasteiger partial charge in [-0.05, 0) is 32.9 Å². The van der Waals surface area contributed by atoms with Crippen molar-refractivity contribution in [1.29, 1.82) is 0 Å². The summed E-state index contributed by atoms with van der Waals surface area (Å²) in [4.78, 5) is 0. The zero-order valence-electron chi connectivity index (χ0n) is 13.3. The van der Waals surface area contributed by atoms with Crippen LogP contribution < -0.4 is 19.5 Å². The minimum Gasteiger partial charge on any atom is -0.493 e. The van der Waals surface area contributed by atoms with Crippen LogP contribution in [0.4, 0.5) is 0 Å². The van der Waals surface area contributed by atoms with E-state index in [-0.39, 0.29) is 24.6 Å². The van der Waals surface area contributed by atoms with E-state index in [1.54, 1.807) is 26.4 Å². The van der Waals surface area contributed by atoms with Gasteiger partial charge in [0.05, 0.1) is 14.2 Å². The number of nitrogens with one attached hydrogen (secondary N) is 1. The fraction of sp³-hybridized carbons (Fsp3) is 0.600. The molecule has 0 saturated heterocycles. The molecular weight excluding hydrogens is 294 g/mol. The van der Waals surface area contributed by atoms with Gasteiger partial charge in [0.2, 0.25) is 5.75 Å². The van der Waals surface area contributed by atoms with E-state index in [1.165, 1.54) is 0 Å². The van der Waals surface area contributed by atoms with Gasteiger partial charge >= 0.3 is 0 Å². The van der Waals surface area contributed by atoms with Crippen LogP contribution in [-0.2, 0) is 0 Å². The van der Waals surface area contributed by atoms with Crippen molar-refractivity contribution in [3.63, 3.8) is 0 Å². The van der Waals surface area contributed by atoms with E-state index in [4.69, 9.17) is 14.2 Å². The Labute approximate surface area is 133 Å². The molecule has 0 bridgehead atoms. The first kappa shape index (κ1) is 19.8. The van der Waals surface area contributed by atoms with Gasteiger partial charge in [-0.3, -0.25) is 0 Å². The Hall–Kier alpha value is -1.17. The van der Waals surface area contributed by atoms with E-state index in [0.29, 0.717) is 23.8 Å². The van der Waals surface area contributed by atoms with Crippen molar-refractivity contribution in [2.24, 2.45) is 0 Å². The Morgan fingerprint density at radius 1 is 1.14 bits per heavy atom. The minimum absolute atomic E-state index is 0. The lowest BCUT2D eigenvalue weighted by molar-refractivity contribution is 0.0968. The van der Waals surface area contributed by atoms with E-state index in [9.17, 15) is 5.11 Å². The van der Waals surface area contributed by atoms with Crippen LogP contribution in [0.25, 0.3) is 0 Å². The maximum Gasteiger partial charge on any atom is 0.203 e. The van der Waals surface area contributed by atoms with Crippen molar-refractivity contribution in [3.8, 4) is 17.2 Å². The van der Waals surface area contributed by atoms with Crippen LogP contribution in [0.2, 0.25) is 0 Å². The molecule has 0 amide bonds. The smallest absolute Gasteiger partial charge is 0.203 e. The van der Waals surface area contributed by atoms with Crippen molar-refractivity contribution < 1.29 is 19.3 Å². The van der Waals surface area contributed by atoms with E-state index in [2.05, 4.69) is 5.32 Å². The molecule has 0 fully saturated rings. The molecule has 0 saturated carbocycles. The van der Waals surface area contributed by atoms with Crippen LogP contribution in [-0.4, -0.2) is 44.1 Å². The van der Waals surface area contributed by atoms with Crippen LogP contribution in [0.1, 0.15) is 20.8 Å². The summed E-state index contributed by atoms with van der Waals surface area (Å²) >= 11 is 0. The number of aliphatic hydroxyl groups excluding tert-OH is 1. The third-order valence-corrected chi connectivity index (χ3v) is 2.67. The molecule has 1 rings (SSSR count). The first-order valence-corrected chi connectivity index (χ1v) is 6.64. The fourth-order valence-corrected chi connectivity index (χ4v) is 1.62. The van der Waals surface area contributed by atoms with Crippen LogP contribution >= 0.6 is 12.4 Å². The van der Waals surface area contributed by atoms with E-state index in [0.717, 1.165) is 0 Å². The minimum atomic E-state index is -0.608. The van der Waals surface area contributed by atoms with Gasteiger partial charge in [-0.1, -0.05) is 6.07 Å². The number of hydrogen-bond donors (Lipinski definition) is 2. The summed E-state index contributed by atoms with van der Waals surface area (Å²) in [5.41, 5.74) is -0.0386. The highest BCUT2D eigenvalue weighted by atomic mass is 35.5. The lowest BCUT2D eigenvalue weighted by Crippen LogP contribution is -2.42. The average molecular weight is 320 g/mol. The van der Waals surface area contributed by atoms with Gasteiger partial charge in [0.25, 0.3) is 0 Å². The number of methoxy groups -OCH3 is 2. The molecule has 0 radical (unpaired) electrons. The molecule has 21 heavy (non-hydrogen) atoms. The third kappa shape index (κ3) is 6.89. The molecule has 1 atom stereocenters. The Morgan fingerprint density at radius 2 is 1.67 bits per heavy atom. The first-order valence-electron chi connectivity index (χ1n) is 6.64. The van der Waals surface area contributed by atoms with Gasteiger partial charge < -0.3 is 24.6 Å². The molecule has 122 valence electrons. The molecule has 6 heteroatoms. The highest BCUT2D eigenvalue weighted by Crippen LogP contribution is 2.36.